The van der Waals surface area contributed by atoms with Crippen LogP contribution in [0.4, 0.5) is 0 Å². The number of nitrogens with zero attached hydrogens (tertiary/aromatic N) is 3. The molecule has 0 radical (unpaired) electrons. The van der Waals surface area contributed by atoms with Crippen molar-refractivity contribution in [3.63, 3.8) is 0 Å². The van der Waals surface area contributed by atoms with Crippen LogP contribution >= 0.6 is 11.6 Å². The number of carbonyl (C=O) groups excluding carboxylic acids is 3. The van der Waals surface area contributed by atoms with E-state index in [0.29, 0.717) is 31.3 Å². The van der Waals surface area contributed by atoms with Gasteiger partial charge in [-0.25, -0.2) is 0 Å². The van der Waals surface area contributed by atoms with Gasteiger partial charge < -0.3 is 24.5 Å². The maximum absolute atomic E-state index is 12.5. The predicted molar refractivity (Wildman–Crippen MR) is 93.0 cm³/mol. The molecule has 2 aliphatic heterocycles. The molecule has 2 aliphatic rings. The predicted octanol–water partition coefficient (Wildman–Crippen LogP) is 0.189. The first-order chi connectivity index (χ1) is 12.5. The number of morpholine rings is 1. The zero-order valence-electron chi connectivity index (χ0n) is 14.2. The van der Waals surface area contributed by atoms with E-state index < -0.39 is 11.8 Å². The van der Waals surface area contributed by atoms with Crippen LogP contribution in [-0.2, 0) is 14.3 Å². The molecular formula is C17H20ClN3O5. The molecule has 0 bridgehead atoms. The topological polar surface area (TPSA) is 90.4 Å². The van der Waals surface area contributed by atoms with Crippen LogP contribution in [0.2, 0.25) is 5.02 Å². The second-order valence-electron chi connectivity index (χ2n) is 6.15. The molecule has 0 unspecified atom stereocenters. The van der Waals surface area contributed by atoms with E-state index in [4.69, 9.17) is 16.3 Å². The summed E-state index contributed by atoms with van der Waals surface area (Å²) in [4.78, 5) is 41.7. The van der Waals surface area contributed by atoms with Crippen molar-refractivity contribution in [2.24, 2.45) is 0 Å². The number of amides is 3. The van der Waals surface area contributed by atoms with Crippen LogP contribution in [-0.4, -0.2) is 90.0 Å². The third-order valence-electron chi connectivity index (χ3n) is 4.52. The third kappa shape index (κ3) is 3.91. The summed E-state index contributed by atoms with van der Waals surface area (Å²) < 4.78 is 5.18. The second-order valence-corrected chi connectivity index (χ2v) is 6.59. The van der Waals surface area contributed by atoms with E-state index in [2.05, 4.69) is 0 Å². The van der Waals surface area contributed by atoms with Crippen molar-refractivity contribution >= 4 is 29.3 Å². The van der Waals surface area contributed by atoms with Crippen LogP contribution in [0, 0.1) is 0 Å². The van der Waals surface area contributed by atoms with E-state index in [1.54, 1.807) is 0 Å². The standard InChI is InChI=1S/C17H20ClN3O5/c18-12-1-2-14(22)13(11-12)15(23)19-3-5-20(6-4-19)16(24)17(25)21-7-9-26-10-8-21/h1-2,11,22H,3-10H2. The van der Waals surface area contributed by atoms with Crippen molar-refractivity contribution in [2.75, 3.05) is 52.5 Å². The molecule has 140 valence electrons. The minimum absolute atomic E-state index is 0.127. The van der Waals surface area contributed by atoms with Crippen LogP contribution < -0.4 is 0 Å². The molecule has 3 rings (SSSR count). The number of benzene rings is 1. The van der Waals surface area contributed by atoms with Gasteiger partial charge in [0.2, 0.25) is 0 Å². The molecule has 0 saturated carbocycles. The SMILES string of the molecule is O=C(C(=O)N1CCN(C(=O)c2cc(Cl)ccc2O)CC1)N1CCOCC1. The Morgan fingerprint density at radius 2 is 1.42 bits per heavy atom. The van der Waals surface area contributed by atoms with E-state index in [0.717, 1.165) is 0 Å². The molecule has 0 atom stereocenters. The van der Waals surface area contributed by atoms with Gasteiger partial charge in [-0.3, -0.25) is 14.4 Å². The summed E-state index contributed by atoms with van der Waals surface area (Å²) in [6.07, 6.45) is 0. The molecule has 1 aromatic rings. The molecule has 1 aromatic carbocycles. The van der Waals surface area contributed by atoms with Crippen molar-refractivity contribution < 1.29 is 24.2 Å². The minimum Gasteiger partial charge on any atom is -0.507 e. The lowest BCUT2D eigenvalue weighted by Gasteiger charge is -2.36. The molecule has 8 nitrogen and oxygen atoms in total. The number of ether oxygens (including phenoxy) is 1. The molecule has 2 saturated heterocycles. The van der Waals surface area contributed by atoms with Crippen LogP contribution in [0.25, 0.3) is 0 Å². The van der Waals surface area contributed by atoms with E-state index >= 15 is 0 Å². The quantitative estimate of drug-likeness (QED) is 0.701. The summed E-state index contributed by atoms with van der Waals surface area (Å²) in [6.45, 7) is 2.80. The summed E-state index contributed by atoms with van der Waals surface area (Å²) in [6, 6.07) is 4.29. The average molecular weight is 382 g/mol. The maximum atomic E-state index is 12.5. The lowest BCUT2D eigenvalue weighted by Crippen LogP contribution is -2.55. The fourth-order valence-electron chi connectivity index (χ4n) is 3.00. The monoisotopic (exact) mass is 381 g/mol. The van der Waals surface area contributed by atoms with Crippen LogP contribution in [0.1, 0.15) is 10.4 Å². The van der Waals surface area contributed by atoms with Gasteiger partial charge in [-0.1, -0.05) is 11.6 Å². The number of aromatic hydroxyl groups is 1. The summed E-state index contributed by atoms with van der Waals surface area (Å²) in [5.74, 6) is -1.57. The van der Waals surface area contributed by atoms with Crippen molar-refractivity contribution in [3.8, 4) is 5.75 Å². The first-order valence-corrected chi connectivity index (χ1v) is 8.79. The smallest absolute Gasteiger partial charge is 0.312 e. The molecule has 0 aromatic heterocycles. The number of piperazine rings is 1. The van der Waals surface area contributed by atoms with Gasteiger partial charge in [-0.15, -0.1) is 0 Å². The molecule has 0 aliphatic carbocycles. The minimum atomic E-state index is -0.551. The van der Waals surface area contributed by atoms with Crippen molar-refractivity contribution in [3.05, 3.63) is 28.8 Å². The fourth-order valence-corrected chi connectivity index (χ4v) is 3.17. The lowest BCUT2D eigenvalue weighted by molar-refractivity contribution is -0.154. The Kier molecular flexibility index (Phi) is 5.63. The number of phenolic OH excluding ortho intramolecular Hbond substituents is 1. The Labute approximate surface area is 155 Å². The van der Waals surface area contributed by atoms with Gasteiger partial charge in [0.15, 0.2) is 0 Å². The number of hydrogen-bond donors (Lipinski definition) is 1. The average Bonchev–Trinajstić information content (AvgIpc) is 2.69. The molecule has 2 heterocycles. The lowest BCUT2D eigenvalue weighted by atomic mass is 10.1. The summed E-state index contributed by atoms with van der Waals surface area (Å²) in [5.41, 5.74) is 0.127. The van der Waals surface area contributed by atoms with Gasteiger partial charge in [0.05, 0.1) is 18.8 Å². The molecular weight excluding hydrogens is 362 g/mol. The first kappa shape index (κ1) is 18.5. The molecule has 9 heteroatoms. The number of carbonyl (C=O) groups is 3. The van der Waals surface area contributed by atoms with Crippen LogP contribution in [0.5, 0.6) is 5.75 Å². The van der Waals surface area contributed by atoms with Crippen LogP contribution in [0.3, 0.4) is 0 Å². The largest absolute Gasteiger partial charge is 0.507 e. The zero-order chi connectivity index (χ0) is 18.7. The van der Waals surface area contributed by atoms with Gasteiger partial charge in [0.25, 0.3) is 5.91 Å². The van der Waals surface area contributed by atoms with Gasteiger partial charge in [-0.2, -0.15) is 0 Å². The summed E-state index contributed by atoms with van der Waals surface area (Å²) >= 11 is 5.89. The maximum Gasteiger partial charge on any atom is 0.312 e. The van der Waals surface area contributed by atoms with E-state index in [1.165, 1.54) is 32.9 Å². The highest BCUT2D eigenvalue weighted by atomic mass is 35.5. The van der Waals surface area contributed by atoms with Crippen molar-refractivity contribution in [1.29, 1.82) is 0 Å². The van der Waals surface area contributed by atoms with Gasteiger partial charge in [0, 0.05) is 44.3 Å². The van der Waals surface area contributed by atoms with E-state index in [9.17, 15) is 19.5 Å². The highest BCUT2D eigenvalue weighted by molar-refractivity contribution is 6.35. The highest BCUT2D eigenvalue weighted by Crippen LogP contribution is 2.23. The fraction of sp³-hybridized carbons (Fsp3) is 0.471. The van der Waals surface area contributed by atoms with E-state index in [1.807, 2.05) is 0 Å². The molecule has 1 N–H and O–H groups in total. The van der Waals surface area contributed by atoms with Gasteiger partial charge >= 0.3 is 11.8 Å². The normalized spacial score (nSPS) is 18.0. The summed E-state index contributed by atoms with van der Waals surface area (Å²) in [7, 11) is 0. The highest BCUT2D eigenvalue weighted by Gasteiger charge is 2.32. The Hall–Kier alpha value is -2.32. The molecule has 3 amide bonds. The van der Waals surface area contributed by atoms with Gasteiger partial charge in [-0.05, 0) is 18.2 Å². The van der Waals surface area contributed by atoms with Crippen molar-refractivity contribution in [2.45, 2.75) is 0 Å². The van der Waals surface area contributed by atoms with E-state index in [-0.39, 0.29) is 43.4 Å². The summed E-state index contributed by atoms with van der Waals surface area (Å²) in [5, 5.41) is 10.2. The van der Waals surface area contributed by atoms with Crippen molar-refractivity contribution in [1.82, 2.24) is 14.7 Å². The molecule has 2 fully saturated rings. The second kappa shape index (κ2) is 7.92. The molecule has 26 heavy (non-hydrogen) atoms. The van der Waals surface area contributed by atoms with Crippen LogP contribution in [0.15, 0.2) is 18.2 Å². The Morgan fingerprint density at radius 3 is 2.04 bits per heavy atom. The Bertz CT molecular complexity index is 712. The molecule has 0 spiro atoms. The number of rotatable bonds is 1. The third-order valence-corrected chi connectivity index (χ3v) is 4.76. The number of hydrogen-bond acceptors (Lipinski definition) is 5. The first-order valence-electron chi connectivity index (χ1n) is 8.41. The van der Waals surface area contributed by atoms with Gasteiger partial charge in [0.1, 0.15) is 5.75 Å². The zero-order valence-corrected chi connectivity index (χ0v) is 14.9. The Balaban J connectivity index is 1.58. The Morgan fingerprint density at radius 1 is 0.885 bits per heavy atom. The number of phenols is 1. The number of halogens is 1.